The zero-order valence-corrected chi connectivity index (χ0v) is 16.3. The third-order valence-corrected chi connectivity index (χ3v) is 5.53. The predicted molar refractivity (Wildman–Crippen MR) is 104 cm³/mol. The van der Waals surface area contributed by atoms with Gasteiger partial charge in [-0.05, 0) is 23.8 Å². The molecular formula is C16H17N5O4P2. The summed E-state index contributed by atoms with van der Waals surface area (Å²) in [4.78, 5) is 40.9. The van der Waals surface area contributed by atoms with Crippen molar-refractivity contribution in [3.8, 4) is 5.95 Å². The first-order valence-electron chi connectivity index (χ1n) is 7.82. The number of rotatable bonds is 5. The predicted octanol–water partition coefficient (Wildman–Crippen LogP) is 0.785. The Labute approximate surface area is 156 Å². The Bertz CT molecular complexity index is 1070. The second-order valence-corrected chi connectivity index (χ2v) is 8.77. The molecule has 3 atom stereocenters. The lowest BCUT2D eigenvalue weighted by Crippen LogP contribution is -2.31. The Morgan fingerprint density at radius 2 is 2.19 bits per heavy atom. The highest BCUT2D eigenvalue weighted by atomic mass is 31.2. The molecule has 3 N–H and O–H groups in total. The first-order valence-corrected chi connectivity index (χ1v) is 10.6. The topological polar surface area (TPSA) is 130 Å². The summed E-state index contributed by atoms with van der Waals surface area (Å²) in [5.74, 6) is -0.989. The molecule has 3 aromatic rings. The molecule has 0 spiro atoms. The number of nitrogens with zero attached hydrogens (tertiary/aromatic N) is 3. The summed E-state index contributed by atoms with van der Waals surface area (Å²) in [5, 5.41) is 6.89. The van der Waals surface area contributed by atoms with Crippen molar-refractivity contribution in [2.45, 2.75) is 5.78 Å². The molecule has 0 bridgehead atoms. The lowest BCUT2D eigenvalue weighted by Gasteiger charge is -2.16. The summed E-state index contributed by atoms with van der Waals surface area (Å²) in [6.45, 7) is 1.24. The molecule has 3 rings (SSSR count). The Hall–Kier alpha value is -2.60. The van der Waals surface area contributed by atoms with E-state index >= 15 is 0 Å². The molecule has 2 unspecified atom stereocenters. The van der Waals surface area contributed by atoms with Gasteiger partial charge in [-0.3, -0.25) is 19.1 Å². The van der Waals surface area contributed by atoms with E-state index in [0.29, 0.717) is 5.56 Å². The van der Waals surface area contributed by atoms with E-state index in [1.165, 1.54) is 23.7 Å². The Morgan fingerprint density at radius 1 is 1.41 bits per heavy atom. The largest absolute Gasteiger partial charge is 0.342 e. The third-order valence-electron chi connectivity index (χ3n) is 3.75. The third kappa shape index (κ3) is 4.39. The van der Waals surface area contributed by atoms with Crippen molar-refractivity contribution >= 4 is 27.8 Å². The van der Waals surface area contributed by atoms with E-state index in [4.69, 9.17) is 0 Å². The first kappa shape index (κ1) is 19.2. The summed E-state index contributed by atoms with van der Waals surface area (Å²) in [7, 11) is -0.987. The molecule has 0 radical (unpaired) electrons. The summed E-state index contributed by atoms with van der Waals surface area (Å²) >= 11 is 0. The highest BCUT2D eigenvalue weighted by Gasteiger charge is 2.19. The van der Waals surface area contributed by atoms with Crippen LogP contribution in [-0.2, 0) is 4.57 Å². The maximum atomic E-state index is 12.4. The maximum Gasteiger partial charge on any atom is 0.265 e. The molecule has 11 heteroatoms. The number of hydrogen-bond acceptors (Lipinski definition) is 5. The van der Waals surface area contributed by atoms with E-state index in [-0.39, 0.29) is 16.8 Å². The van der Waals surface area contributed by atoms with Crippen LogP contribution in [0.4, 0.5) is 0 Å². The summed E-state index contributed by atoms with van der Waals surface area (Å²) in [6, 6.07) is 8.11. The number of amides is 1. The molecule has 0 aliphatic carbocycles. The average Bonchev–Trinajstić information content (AvgIpc) is 3.15. The second kappa shape index (κ2) is 7.56. The van der Waals surface area contributed by atoms with Gasteiger partial charge < -0.3 is 10.2 Å². The van der Waals surface area contributed by atoms with Gasteiger partial charge in [0.1, 0.15) is 5.56 Å². The van der Waals surface area contributed by atoms with E-state index < -0.39 is 24.6 Å². The van der Waals surface area contributed by atoms with E-state index in [9.17, 15) is 19.0 Å². The van der Waals surface area contributed by atoms with Gasteiger partial charge in [-0.25, -0.2) is 9.67 Å². The number of carbonyl (C=O) groups excluding carboxylic acids is 1. The SMILES string of the molecule is CP(=O)(O)c1cccc([C@@H](P)NC(=O)c2cnc(-n3cccn3)[nH]c2=O)c1. The van der Waals surface area contributed by atoms with Crippen molar-refractivity contribution in [1.82, 2.24) is 25.1 Å². The lowest BCUT2D eigenvalue weighted by atomic mass is 10.2. The summed E-state index contributed by atoms with van der Waals surface area (Å²) in [6.07, 6.45) is 4.32. The minimum Gasteiger partial charge on any atom is -0.342 e. The maximum absolute atomic E-state index is 12.4. The number of benzene rings is 1. The number of H-pyrrole nitrogens is 1. The van der Waals surface area contributed by atoms with Gasteiger partial charge in [-0.15, -0.1) is 9.24 Å². The zero-order chi connectivity index (χ0) is 19.6. The standard InChI is InChI=1S/C16H17N5O4P2/c1-27(24,25)11-5-2-4-10(8-11)15(26)19-13(22)12-9-17-16(20-14(12)23)21-7-3-6-18-21/h2-9,15H,26H2,1H3,(H,19,22)(H,24,25)(H,17,20,23)/t15-/m1/s1. The van der Waals surface area contributed by atoms with Gasteiger partial charge in [-0.1, -0.05) is 12.1 Å². The Balaban J connectivity index is 1.79. The van der Waals surface area contributed by atoms with Crippen LogP contribution in [0.1, 0.15) is 21.7 Å². The van der Waals surface area contributed by atoms with Crippen LogP contribution in [-0.4, -0.2) is 37.2 Å². The van der Waals surface area contributed by atoms with Crippen LogP contribution in [0.2, 0.25) is 0 Å². The molecule has 27 heavy (non-hydrogen) atoms. The Morgan fingerprint density at radius 3 is 2.81 bits per heavy atom. The summed E-state index contributed by atoms with van der Waals surface area (Å²) < 4.78 is 13.2. The fourth-order valence-corrected chi connectivity index (χ4v) is 3.45. The summed E-state index contributed by atoms with van der Waals surface area (Å²) in [5.41, 5.74) is -0.148. The van der Waals surface area contributed by atoms with Crippen molar-refractivity contribution in [2.75, 3.05) is 6.66 Å². The Kier molecular flexibility index (Phi) is 5.37. The van der Waals surface area contributed by atoms with Crippen LogP contribution >= 0.6 is 16.6 Å². The monoisotopic (exact) mass is 405 g/mol. The van der Waals surface area contributed by atoms with Gasteiger partial charge >= 0.3 is 0 Å². The molecule has 140 valence electrons. The van der Waals surface area contributed by atoms with Gasteiger partial charge in [0.15, 0.2) is 0 Å². The van der Waals surface area contributed by atoms with Gasteiger partial charge in [0.05, 0.1) is 5.78 Å². The minimum atomic E-state index is -3.41. The fourth-order valence-electron chi connectivity index (χ4n) is 2.34. The van der Waals surface area contributed by atoms with E-state index in [0.717, 1.165) is 0 Å². The molecule has 1 aromatic carbocycles. The van der Waals surface area contributed by atoms with Gasteiger partial charge in [-0.2, -0.15) is 5.10 Å². The van der Waals surface area contributed by atoms with Crippen LogP contribution in [0.15, 0.2) is 53.7 Å². The van der Waals surface area contributed by atoms with E-state index in [1.54, 1.807) is 36.5 Å². The average molecular weight is 405 g/mol. The molecular weight excluding hydrogens is 388 g/mol. The second-order valence-electron chi connectivity index (χ2n) is 5.83. The first-order chi connectivity index (χ1) is 12.8. The fraction of sp³-hybridized carbons (Fsp3) is 0.125. The quantitative estimate of drug-likeness (QED) is 0.538. The molecule has 9 nitrogen and oxygen atoms in total. The number of nitrogens with one attached hydrogen (secondary N) is 2. The van der Waals surface area contributed by atoms with Crippen LogP contribution in [0.5, 0.6) is 0 Å². The lowest BCUT2D eigenvalue weighted by molar-refractivity contribution is 0.0947. The van der Waals surface area contributed by atoms with Crippen LogP contribution in [0.25, 0.3) is 5.95 Å². The normalized spacial score (nSPS) is 14.3. The number of carbonyl (C=O) groups is 1. The highest BCUT2D eigenvalue weighted by Crippen LogP contribution is 2.34. The number of aromatic amines is 1. The van der Waals surface area contributed by atoms with Crippen LogP contribution < -0.4 is 16.2 Å². The molecule has 0 aliphatic heterocycles. The van der Waals surface area contributed by atoms with E-state index in [1.807, 2.05) is 0 Å². The van der Waals surface area contributed by atoms with E-state index in [2.05, 4.69) is 29.6 Å². The molecule has 0 aliphatic rings. The van der Waals surface area contributed by atoms with Crippen molar-refractivity contribution in [3.05, 3.63) is 70.4 Å². The van der Waals surface area contributed by atoms with Crippen LogP contribution in [0.3, 0.4) is 0 Å². The highest BCUT2D eigenvalue weighted by molar-refractivity contribution is 7.65. The molecule has 2 heterocycles. The molecule has 0 fully saturated rings. The molecule has 0 saturated heterocycles. The molecule has 0 saturated carbocycles. The smallest absolute Gasteiger partial charge is 0.265 e. The van der Waals surface area contributed by atoms with Crippen molar-refractivity contribution in [2.24, 2.45) is 0 Å². The van der Waals surface area contributed by atoms with Crippen molar-refractivity contribution in [3.63, 3.8) is 0 Å². The van der Waals surface area contributed by atoms with Gasteiger partial charge in [0.2, 0.25) is 13.3 Å². The van der Waals surface area contributed by atoms with Crippen molar-refractivity contribution in [1.29, 1.82) is 0 Å². The number of hydrogen-bond donors (Lipinski definition) is 3. The van der Waals surface area contributed by atoms with Gasteiger partial charge in [0.25, 0.3) is 11.5 Å². The van der Waals surface area contributed by atoms with Crippen LogP contribution in [0, 0.1) is 0 Å². The van der Waals surface area contributed by atoms with Gasteiger partial charge in [0, 0.05) is 30.6 Å². The van der Waals surface area contributed by atoms with Crippen molar-refractivity contribution < 1.29 is 14.3 Å². The molecule has 1 amide bonds. The number of aromatic nitrogens is 4. The molecule has 2 aromatic heterocycles. The zero-order valence-electron chi connectivity index (χ0n) is 14.2. The minimum absolute atomic E-state index is 0.155.